The standard InChI is InChI=1S/C10H15ClN2O3S/c1-7-5-10(16-4)9(6-8(7)11)12-17(14,15)13(2)3/h5-6,12H,1-4H3. The van der Waals surface area contributed by atoms with E-state index in [-0.39, 0.29) is 0 Å². The van der Waals surface area contributed by atoms with Crippen LogP contribution in [0.3, 0.4) is 0 Å². The summed E-state index contributed by atoms with van der Waals surface area (Å²) >= 11 is 5.95. The minimum atomic E-state index is -3.57. The number of ether oxygens (including phenoxy) is 1. The van der Waals surface area contributed by atoms with E-state index in [1.807, 2.05) is 6.92 Å². The molecule has 0 heterocycles. The molecule has 0 aliphatic carbocycles. The molecule has 0 radical (unpaired) electrons. The van der Waals surface area contributed by atoms with Crippen molar-refractivity contribution >= 4 is 27.5 Å². The molecule has 0 atom stereocenters. The Hall–Kier alpha value is -0.980. The molecule has 0 fully saturated rings. The summed E-state index contributed by atoms with van der Waals surface area (Å²) in [5, 5.41) is 0.474. The molecule has 0 unspecified atom stereocenters. The minimum absolute atomic E-state index is 0.316. The van der Waals surface area contributed by atoms with Crippen molar-refractivity contribution in [1.82, 2.24) is 4.31 Å². The number of hydrogen-bond donors (Lipinski definition) is 1. The molecule has 1 aromatic rings. The van der Waals surface area contributed by atoms with Crippen LogP contribution in [0.15, 0.2) is 12.1 Å². The van der Waals surface area contributed by atoms with E-state index in [0.29, 0.717) is 16.5 Å². The Morgan fingerprint density at radius 2 is 1.94 bits per heavy atom. The zero-order chi connectivity index (χ0) is 13.2. The van der Waals surface area contributed by atoms with E-state index >= 15 is 0 Å². The SMILES string of the molecule is COc1cc(C)c(Cl)cc1NS(=O)(=O)N(C)C. The van der Waals surface area contributed by atoms with Crippen molar-refractivity contribution in [2.75, 3.05) is 25.9 Å². The monoisotopic (exact) mass is 278 g/mol. The van der Waals surface area contributed by atoms with Gasteiger partial charge < -0.3 is 4.74 Å². The smallest absolute Gasteiger partial charge is 0.301 e. The third-order valence-corrected chi connectivity index (χ3v) is 4.05. The maximum atomic E-state index is 11.7. The van der Waals surface area contributed by atoms with Crippen molar-refractivity contribution in [1.29, 1.82) is 0 Å². The number of rotatable bonds is 4. The average molecular weight is 279 g/mol. The lowest BCUT2D eigenvalue weighted by molar-refractivity contribution is 0.416. The fourth-order valence-electron chi connectivity index (χ4n) is 1.13. The number of aryl methyl sites for hydroxylation is 1. The van der Waals surface area contributed by atoms with Gasteiger partial charge >= 0.3 is 10.2 Å². The minimum Gasteiger partial charge on any atom is -0.495 e. The second-order valence-corrected chi connectivity index (χ2v) is 5.98. The van der Waals surface area contributed by atoms with Crippen LogP contribution in [0.4, 0.5) is 5.69 Å². The molecule has 0 aliphatic rings. The number of halogens is 1. The van der Waals surface area contributed by atoms with Crippen LogP contribution in [0.5, 0.6) is 5.75 Å². The molecule has 1 rings (SSSR count). The van der Waals surface area contributed by atoms with Crippen LogP contribution in [0, 0.1) is 6.92 Å². The Kier molecular flexibility index (Phi) is 4.24. The fourth-order valence-corrected chi connectivity index (χ4v) is 1.92. The van der Waals surface area contributed by atoms with Crippen LogP contribution in [0.1, 0.15) is 5.56 Å². The van der Waals surface area contributed by atoms with Gasteiger partial charge in [-0.3, -0.25) is 4.72 Å². The lowest BCUT2D eigenvalue weighted by Gasteiger charge is -2.16. The van der Waals surface area contributed by atoms with E-state index in [4.69, 9.17) is 16.3 Å². The van der Waals surface area contributed by atoms with Gasteiger partial charge in [-0.25, -0.2) is 0 Å². The second-order valence-electron chi connectivity index (χ2n) is 3.69. The molecule has 1 N–H and O–H groups in total. The highest BCUT2D eigenvalue weighted by Gasteiger charge is 2.16. The highest BCUT2D eigenvalue weighted by Crippen LogP contribution is 2.31. The van der Waals surface area contributed by atoms with Gasteiger partial charge in [0, 0.05) is 19.1 Å². The number of anilines is 1. The van der Waals surface area contributed by atoms with Gasteiger partial charge in [0.2, 0.25) is 0 Å². The molecule has 0 saturated heterocycles. The van der Waals surface area contributed by atoms with E-state index < -0.39 is 10.2 Å². The van der Waals surface area contributed by atoms with Gasteiger partial charge in [-0.1, -0.05) is 11.6 Å². The summed E-state index contributed by atoms with van der Waals surface area (Å²) in [5.74, 6) is 0.428. The van der Waals surface area contributed by atoms with Crippen molar-refractivity contribution < 1.29 is 13.2 Å². The lowest BCUT2D eigenvalue weighted by Crippen LogP contribution is -2.29. The summed E-state index contributed by atoms with van der Waals surface area (Å²) in [7, 11) is 0.770. The van der Waals surface area contributed by atoms with Crippen molar-refractivity contribution in [3.05, 3.63) is 22.7 Å². The second kappa shape index (κ2) is 5.12. The topological polar surface area (TPSA) is 58.6 Å². The number of nitrogens with zero attached hydrogens (tertiary/aromatic N) is 1. The summed E-state index contributed by atoms with van der Waals surface area (Å²) in [4.78, 5) is 0. The van der Waals surface area contributed by atoms with Gasteiger partial charge in [0.1, 0.15) is 5.75 Å². The Morgan fingerprint density at radius 3 is 2.41 bits per heavy atom. The molecule has 96 valence electrons. The molecule has 0 aliphatic heterocycles. The predicted molar refractivity (Wildman–Crippen MR) is 69.0 cm³/mol. The zero-order valence-electron chi connectivity index (χ0n) is 10.1. The predicted octanol–water partition coefficient (Wildman–Crippen LogP) is 1.88. The number of nitrogens with one attached hydrogen (secondary N) is 1. The Bertz CT molecular complexity index is 515. The molecule has 0 aromatic heterocycles. The largest absolute Gasteiger partial charge is 0.495 e. The summed E-state index contributed by atoms with van der Waals surface area (Å²) < 4.78 is 31.9. The van der Waals surface area contributed by atoms with Gasteiger partial charge in [-0.2, -0.15) is 12.7 Å². The molecular formula is C10H15ClN2O3S. The maximum Gasteiger partial charge on any atom is 0.301 e. The highest BCUT2D eigenvalue weighted by molar-refractivity contribution is 7.90. The molecular weight excluding hydrogens is 264 g/mol. The molecule has 0 amide bonds. The Labute approximate surface area is 107 Å². The van der Waals surface area contributed by atoms with Crippen molar-refractivity contribution in [3.63, 3.8) is 0 Å². The first-order valence-electron chi connectivity index (χ1n) is 4.82. The third kappa shape index (κ3) is 3.24. The molecule has 5 nitrogen and oxygen atoms in total. The van der Waals surface area contributed by atoms with E-state index in [2.05, 4.69) is 4.72 Å². The van der Waals surface area contributed by atoms with E-state index in [1.54, 1.807) is 6.07 Å². The molecule has 1 aromatic carbocycles. The van der Waals surface area contributed by atoms with Gasteiger partial charge in [0.15, 0.2) is 0 Å². The highest BCUT2D eigenvalue weighted by atomic mass is 35.5. The van der Waals surface area contributed by atoms with Crippen LogP contribution in [0.25, 0.3) is 0 Å². The number of benzene rings is 1. The van der Waals surface area contributed by atoms with Gasteiger partial charge in [0.05, 0.1) is 12.8 Å². The van der Waals surface area contributed by atoms with Crippen molar-refractivity contribution in [3.8, 4) is 5.75 Å². The fraction of sp³-hybridized carbons (Fsp3) is 0.400. The molecule has 0 saturated carbocycles. The van der Waals surface area contributed by atoms with E-state index in [9.17, 15) is 8.42 Å². The summed E-state index contributed by atoms with van der Waals surface area (Å²) in [5.41, 5.74) is 1.13. The van der Waals surface area contributed by atoms with Gasteiger partial charge in [-0.15, -0.1) is 0 Å². The Balaban J connectivity index is 3.19. The summed E-state index contributed by atoms with van der Waals surface area (Å²) in [6.45, 7) is 1.81. The van der Waals surface area contributed by atoms with Gasteiger partial charge in [-0.05, 0) is 24.6 Å². The molecule has 17 heavy (non-hydrogen) atoms. The number of hydrogen-bond acceptors (Lipinski definition) is 3. The first kappa shape index (κ1) is 14.1. The van der Waals surface area contributed by atoms with Crippen LogP contribution in [-0.4, -0.2) is 33.9 Å². The van der Waals surface area contributed by atoms with Crippen molar-refractivity contribution in [2.45, 2.75) is 6.92 Å². The Morgan fingerprint density at radius 1 is 1.35 bits per heavy atom. The van der Waals surface area contributed by atoms with Crippen LogP contribution >= 0.6 is 11.6 Å². The van der Waals surface area contributed by atoms with Crippen LogP contribution < -0.4 is 9.46 Å². The van der Waals surface area contributed by atoms with E-state index in [0.717, 1.165) is 9.87 Å². The first-order chi connectivity index (χ1) is 7.77. The van der Waals surface area contributed by atoms with Crippen molar-refractivity contribution in [2.24, 2.45) is 0 Å². The van der Waals surface area contributed by atoms with E-state index in [1.165, 1.54) is 27.3 Å². The van der Waals surface area contributed by atoms with Gasteiger partial charge in [0.25, 0.3) is 0 Å². The first-order valence-corrected chi connectivity index (χ1v) is 6.64. The normalized spacial score (nSPS) is 11.6. The number of methoxy groups -OCH3 is 1. The lowest BCUT2D eigenvalue weighted by atomic mass is 10.2. The third-order valence-electron chi connectivity index (χ3n) is 2.20. The molecule has 0 spiro atoms. The molecule has 0 bridgehead atoms. The maximum absolute atomic E-state index is 11.7. The quantitative estimate of drug-likeness (QED) is 0.915. The average Bonchev–Trinajstić information content (AvgIpc) is 2.22. The van der Waals surface area contributed by atoms with Crippen LogP contribution in [0.2, 0.25) is 5.02 Å². The zero-order valence-corrected chi connectivity index (χ0v) is 11.7. The summed E-state index contributed by atoms with van der Waals surface area (Å²) in [6, 6.07) is 3.20. The molecule has 7 heteroatoms. The summed E-state index contributed by atoms with van der Waals surface area (Å²) in [6.07, 6.45) is 0. The van der Waals surface area contributed by atoms with Crippen LogP contribution in [-0.2, 0) is 10.2 Å².